The number of rotatable bonds is 6. The van der Waals surface area contributed by atoms with Crippen molar-refractivity contribution in [3.63, 3.8) is 0 Å². The lowest BCUT2D eigenvalue weighted by Crippen LogP contribution is -2.49. The summed E-state index contributed by atoms with van der Waals surface area (Å²) in [5.74, 6) is -3.33. The van der Waals surface area contributed by atoms with Gasteiger partial charge in [0, 0.05) is 12.7 Å². The zero-order valence-electron chi connectivity index (χ0n) is 19.7. The van der Waals surface area contributed by atoms with Crippen molar-refractivity contribution in [2.45, 2.75) is 18.8 Å². The van der Waals surface area contributed by atoms with Crippen LogP contribution in [-0.2, 0) is 16.1 Å². The molecule has 1 atom stereocenters. The number of amides is 2. The van der Waals surface area contributed by atoms with Crippen LogP contribution < -0.4 is 10.1 Å². The van der Waals surface area contributed by atoms with Crippen LogP contribution in [0.5, 0.6) is 5.75 Å². The van der Waals surface area contributed by atoms with Gasteiger partial charge in [-0.25, -0.2) is 18.4 Å². The van der Waals surface area contributed by atoms with Crippen LogP contribution in [0.3, 0.4) is 0 Å². The number of carboxylic acid groups (broad SMARTS) is 1. The number of benzene rings is 2. The highest BCUT2D eigenvalue weighted by Gasteiger charge is 2.38. The monoisotopic (exact) mass is 542 g/mol. The standard InChI is InChI=1S/C22H22F2N4O3.C2HF3O2/c23-17-7-5-16(6-8-17)12-28-13-18(11-25-28)26-22(29)27-9-10-30-19(14-27)15-31-21-4-2-1-3-20(21)24;3-2(4,5)1(6)7/h1-8,11,13,19H,9-10,12,14-15H2,(H,26,29);(H,6,7). The van der Waals surface area contributed by atoms with Gasteiger partial charge in [0.1, 0.15) is 18.5 Å². The Bertz CT molecular complexity index is 1220. The van der Waals surface area contributed by atoms with E-state index in [-0.39, 0.29) is 30.3 Å². The number of para-hydroxylation sites is 1. The molecule has 9 nitrogen and oxygen atoms in total. The number of halogens is 5. The van der Waals surface area contributed by atoms with E-state index in [0.717, 1.165) is 5.56 Å². The number of alkyl halides is 3. The zero-order chi connectivity index (χ0) is 27.7. The van der Waals surface area contributed by atoms with Gasteiger partial charge in [-0.05, 0) is 29.8 Å². The fourth-order valence-corrected chi connectivity index (χ4v) is 3.24. The minimum absolute atomic E-state index is 0.139. The second-order valence-corrected chi connectivity index (χ2v) is 7.97. The second kappa shape index (κ2) is 12.9. The molecule has 0 spiro atoms. The number of hydrogen-bond donors (Lipinski definition) is 2. The summed E-state index contributed by atoms with van der Waals surface area (Å²) in [5, 5.41) is 14.2. The first-order chi connectivity index (χ1) is 18.0. The van der Waals surface area contributed by atoms with E-state index in [9.17, 15) is 26.7 Å². The molecular weight excluding hydrogens is 519 g/mol. The van der Waals surface area contributed by atoms with Gasteiger partial charge in [0.05, 0.1) is 31.6 Å². The number of aromatic nitrogens is 2. The third-order valence-electron chi connectivity index (χ3n) is 5.07. The van der Waals surface area contributed by atoms with E-state index < -0.39 is 18.0 Å². The normalized spacial score (nSPS) is 15.3. The molecule has 0 saturated carbocycles. The molecule has 4 rings (SSSR count). The number of morpholine rings is 1. The predicted molar refractivity (Wildman–Crippen MR) is 124 cm³/mol. The van der Waals surface area contributed by atoms with Crippen LogP contribution in [0.4, 0.5) is 32.4 Å². The van der Waals surface area contributed by atoms with Crippen LogP contribution in [0.25, 0.3) is 0 Å². The Labute approximate surface area is 213 Å². The number of carboxylic acids is 1. The average Bonchev–Trinajstić information content (AvgIpc) is 3.31. The van der Waals surface area contributed by atoms with E-state index in [4.69, 9.17) is 19.4 Å². The van der Waals surface area contributed by atoms with E-state index in [2.05, 4.69) is 10.4 Å². The highest BCUT2D eigenvalue weighted by molar-refractivity contribution is 5.89. The van der Waals surface area contributed by atoms with Crippen molar-refractivity contribution in [2.75, 3.05) is 31.6 Å². The highest BCUT2D eigenvalue weighted by atomic mass is 19.4. The molecule has 204 valence electrons. The molecule has 1 aliphatic rings. The van der Waals surface area contributed by atoms with Gasteiger partial charge < -0.3 is 24.8 Å². The fraction of sp³-hybridized carbons (Fsp3) is 0.292. The van der Waals surface area contributed by atoms with Gasteiger partial charge in [-0.15, -0.1) is 0 Å². The molecule has 0 aliphatic carbocycles. The summed E-state index contributed by atoms with van der Waals surface area (Å²) in [6.07, 6.45) is -2.18. The molecule has 1 saturated heterocycles. The number of hydrogen-bond acceptors (Lipinski definition) is 5. The van der Waals surface area contributed by atoms with E-state index >= 15 is 0 Å². The van der Waals surface area contributed by atoms with E-state index in [1.54, 1.807) is 52.3 Å². The fourth-order valence-electron chi connectivity index (χ4n) is 3.24. The maximum Gasteiger partial charge on any atom is 0.490 e. The molecule has 1 aliphatic heterocycles. The maximum atomic E-state index is 13.7. The van der Waals surface area contributed by atoms with E-state index in [1.165, 1.54) is 18.2 Å². The third kappa shape index (κ3) is 8.73. The molecule has 2 amide bonds. The van der Waals surface area contributed by atoms with Crippen LogP contribution in [0.15, 0.2) is 60.9 Å². The Morgan fingerprint density at radius 2 is 1.82 bits per heavy atom. The van der Waals surface area contributed by atoms with Crippen molar-refractivity contribution in [3.8, 4) is 5.75 Å². The van der Waals surface area contributed by atoms with Gasteiger partial charge in [-0.2, -0.15) is 18.3 Å². The average molecular weight is 542 g/mol. The number of nitrogens with one attached hydrogen (secondary N) is 1. The third-order valence-corrected chi connectivity index (χ3v) is 5.07. The smallest absolute Gasteiger partial charge is 0.488 e. The van der Waals surface area contributed by atoms with Crippen molar-refractivity contribution < 1.29 is 46.1 Å². The molecule has 14 heteroatoms. The Morgan fingerprint density at radius 1 is 1.13 bits per heavy atom. The summed E-state index contributed by atoms with van der Waals surface area (Å²) in [7, 11) is 0. The Balaban J connectivity index is 0.000000505. The molecule has 1 fully saturated rings. The molecular formula is C24H23F5N4O5. The van der Waals surface area contributed by atoms with Crippen LogP contribution in [-0.4, -0.2) is 70.4 Å². The molecule has 1 aromatic heterocycles. The molecule has 1 unspecified atom stereocenters. The minimum atomic E-state index is -5.08. The lowest BCUT2D eigenvalue weighted by atomic mass is 10.2. The van der Waals surface area contributed by atoms with Crippen molar-refractivity contribution in [1.29, 1.82) is 0 Å². The largest absolute Gasteiger partial charge is 0.490 e. The first kappa shape index (κ1) is 28.4. The number of urea groups is 1. The second-order valence-electron chi connectivity index (χ2n) is 7.97. The predicted octanol–water partition coefficient (Wildman–Crippen LogP) is 4.15. The molecule has 2 aromatic carbocycles. The number of ether oxygens (including phenoxy) is 2. The molecule has 2 N–H and O–H groups in total. The highest BCUT2D eigenvalue weighted by Crippen LogP contribution is 2.17. The van der Waals surface area contributed by atoms with Crippen LogP contribution in [0.1, 0.15) is 5.56 Å². The molecule has 3 aromatic rings. The Kier molecular flexibility index (Phi) is 9.60. The van der Waals surface area contributed by atoms with Crippen molar-refractivity contribution in [2.24, 2.45) is 0 Å². The van der Waals surface area contributed by atoms with Gasteiger partial charge in [-0.3, -0.25) is 4.68 Å². The summed E-state index contributed by atoms with van der Waals surface area (Å²) >= 11 is 0. The van der Waals surface area contributed by atoms with Gasteiger partial charge >= 0.3 is 18.2 Å². The first-order valence-corrected chi connectivity index (χ1v) is 11.1. The molecule has 0 bridgehead atoms. The lowest BCUT2D eigenvalue weighted by Gasteiger charge is -2.32. The lowest BCUT2D eigenvalue weighted by molar-refractivity contribution is -0.192. The maximum absolute atomic E-state index is 13.7. The van der Waals surface area contributed by atoms with Crippen LogP contribution in [0.2, 0.25) is 0 Å². The summed E-state index contributed by atoms with van der Waals surface area (Å²) < 4.78 is 71.2. The van der Waals surface area contributed by atoms with E-state index in [0.29, 0.717) is 31.9 Å². The summed E-state index contributed by atoms with van der Waals surface area (Å²) in [6.45, 7) is 1.72. The topological polar surface area (TPSA) is 106 Å². The minimum Gasteiger partial charge on any atom is -0.488 e. The van der Waals surface area contributed by atoms with Crippen LogP contribution in [0, 0.1) is 11.6 Å². The van der Waals surface area contributed by atoms with Crippen LogP contribution >= 0.6 is 0 Å². The SMILES string of the molecule is O=C(Nc1cnn(Cc2ccc(F)cc2)c1)N1CCOC(COc2ccccc2F)C1.O=C(O)C(F)(F)F. The zero-order valence-corrected chi connectivity index (χ0v) is 19.7. The van der Waals surface area contributed by atoms with Crippen molar-refractivity contribution >= 4 is 17.7 Å². The summed E-state index contributed by atoms with van der Waals surface area (Å²) in [5.41, 5.74) is 1.45. The van der Waals surface area contributed by atoms with Crippen molar-refractivity contribution in [3.05, 3.63) is 78.1 Å². The number of carbonyl (C=O) groups excluding carboxylic acids is 1. The molecule has 38 heavy (non-hydrogen) atoms. The molecule has 0 radical (unpaired) electrons. The Hall–Kier alpha value is -4.20. The molecule has 2 heterocycles. The number of anilines is 1. The van der Waals surface area contributed by atoms with Gasteiger partial charge in [0.25, 0.3) is 0 Å². The summed E-state index contributed by atoms with van der Waals surface area (Å²) in [4.78, 5) is 23.1. The number of carbonyl (C=O) groups is 2. The number of nitrogens with zero attached hydrogens (tertiary/aromatic N) is 3. The Morgan fingerprint density at radius 3 is 2.47 bits per heavy atom. The van der Waals surface area contributed by atoms with Gasteiger partial charge in [-0.1, -0.05) is 24.3 Å². The van der Waals surface area contributed by atoms with Gasteiger partial charge in [0.2, 0.25) is 0 Å². The summed E-state index contributed by atoms with van der Waals surface area (Å²) in [6, 6.07) is 12.0. The number of aliphatic carboxylic acids is 1. The quantitative estimate of drug-likeness (QED) is 0.454. The first-order valence-electron chi connectivity index (χ1n) is 11.1. The van der Waals surface area contributed by atoms with E-state index in [1.807, 2.05) is 0 Å². The van der Waals surface area contributed by atoms with Crippen molar-refractivity contribution in [1.82, 2.24) is 14.7 Å². The van der Waals surface area contributed by atoms with Gasteiger partial charge in [0.15, 0.2) is 11.6 Å².